The molecule has 1 aromatic carbocycles. The molecule has 0 atom stereocenters. The highest BCUT2D eigenvalue weighted by Crippen LogP contribution is 2.28. The SMILES string of the molecule is Nc1cc(Cl)ccc1-c1nc(-c2ccc(Br)cn2)no1. The third-order valence-electron chi connectivity index (χ3n) is 2.63. The highest BCUT2D eigenvalue weighted by Gasteiger charge is 2.13. The summed E-state index contributed by atoms with van der Waals surface area (Å²) in [4.78, 5) is 8.50. The Labute approximate surface area is 127 Å². The molecule has 0 unspecified atom stereocenters. The Morgan fingerprint density at radius 2 is 2.05 bits per heavy atom. The highest BCUT2D eigenvalue weighted by atomic mass is 79.9. The zero-order chi connectivity index (χ0) is 14.1. The first-order valence-electron chi connectivity index (χ1n) is 5.64. The number of anilines is 1. The van der Waals surface area contributed by atoms with E-state index in [1.54, 1.807) is 30.5 Å². The van der Waals surface area contributed by atoms with E-state index in [1.165, 1.54) is 0 Å². The van der Waals surface area contributed by atoms with Gasteiger partial charge in [0.05, 0.1) is 5.56 Å². The Morgan fingerprint density at radius 3 is 2.75 bits per heavy atom. The molecule has 3 rings (SSSR count). The first kappa shape index (κ1) is 13.1. The molecule has 100 valence electrons. The number of rotatable bonds is 2. The molecule has 0 radical (unpaired) electrons. The first-order valence-corrected chi connectivity index (χ1v) is 6.81. The van der Waals surface area contributed by atoms with Crippen molar-refractivity contribution < 1.29 is 4.52 Å². The minimum atomic E-state index is 0.332. The van der Waals surface area contributed by atoms with Gasteiger partial charge in [0.25, 0.3) is 5.89 Å². The van der Waals surface area contributed by atoms with Gasteiger partial charge in [-0.05, 0) is 46.3 Å². The van der Waals surface area contributed by atoms with Crippen LogP contribution in [0.3, 0.4) is 0 Å². The summed E-state index contributed by atoms with van der Waals surface area (Å²) >= 11 is 9.18. The number of hydrogen-bond acceptors (Lipinski definition) is 5. The molecule has 0 spiro atoms. The molecular formula is C13H8BrClN4O. The summed E-state index contributed by atoms with van der Waals surface area (Å²) in [6.45, 7) is 0. The third-order valence-corrected chi connectivity index (χ3v) is 3.33. The summed E-state index contributed by atoms with van der Waals surface area (Å²) < 4.78 is 6.10. The Bertz CT molecular complexity index is 757. The van der Waals surface area contributed by atoms with Gasteiger partial charge in [-0.2, -0.15) is 4.98 Å². The molecule has 0 bridgehead atoms. The van der Waals surface area contributed by atoms with Crippen molar-refractivity contribution >= 4 is 33.2 Å². The molecule has 0 aliphatic heterocycles. The van der Waals surface area contributed by atoms with Crippen molar-refractivity contribution in [3.8, 4) is 23.0 Å². The zero-order valence-electron chi connectivity index (χ0n) is 10.0. The maximum Gasteiger partial charge on any atom is 0.260 e. The smallest absolute Gasteiger partial charge is 0.260 e. The first-order chi connectivity index (χ1) is 9.63. The fraction of sp³-hybridized carbons (Fsp3) is 0. The van der Waals surface area contributed by atoms with Gasteiger partial charge in [0.2, 0.25) is 5.82 Å². The van der Waals surface area contributed by atoms with Crippen LogP contribution >= 0.6 is 27.5 Å². The minimum absolute atomic E-state index is 0.332. The van der Waals surface area contributed by atoms with Crippen LogP contribution in [0.5, 0.6) is 0 Å². The lowest BCUT2D eigenvalue weighted by Crippen LogP contribution is -1.90. The Kier molecular flexibility index (Phi) is 3.42. The maximum atomic E-state index is 5.89. The van der Waals surface area contributed by atoms with E-state index >= 15 is 0 Å². The molecule has 2 heterocycles. The molecule has 2 aromatic heterocycles. The Hall–Kier alpha value is -1.92. The van der Waals surface area contributed by atoms with Crippen molar-refractivity contribution in [1.82, 2.24) is 15.1 Å². The van der Waals surface area contributed by atoms with Gasteiger partial charge in [0, 0.05) is 21.4 Å². The quantitative estimate of drug-likeness (QED) is 0.711. The van der Waals surface area contributed by atoms with Gasteiger partial charge in [-0.3, -0.25) is 4.98 Å². The van der Waals surface area contributed by atoms with E-state index in [-0.39, 0.29) is 0 Å². The van der Waals surface area contributed by atoms with Crippen molar-refractivity contribution in [2.45, 2.75) is 0 Å². The number of pyridine rings is 1. The minimum Gasteiger partial charge on any atom is -0.398 e. The van der Waals surface area contributed by atoms with E-state index < -0.39 is 0 Å². The zero-order valence-corrected chi connectivity index (χ0v) is 12.4. The third kappa shape index (κ3) is 2.52. The second-order valence-electron chi connectivity index (χ2n) is 4.02. The highest BCUT2D eigenvalue weighted by molar-refractivity contribution is 9.10. The van der Waals surface area contributed by atoms with Gasteiger partial charge in [-0.25, -0.2) is 0 Å². The van der Waals surface area contributed by atoms with Gasteiger partial charge in [0.15, 0.2) is 0 Å². The van der Waals surface area contributed by atoms with Crippen molar-refractivity contribution in [2.24, 2.45) is 0 Å². The summed E-state index contributed by atoms with van der Waals surface area (Å²) in [6.07, 6.45) is 1.67. The van der Waals surface area contributed by atoms with E-state index in [1.807, 2.05) is 6.07 Å². The molecule has 3 aromatic rings. The lowest BCUT2D eigenvalue weighted by Gasteiger charge is -2.00. The van der Waals surface area contributed by atoms with Crippen molar-refractivity contribution in [2.75, 3.05) is 5.73 Å². The molecule has 0 aliphatic rings. The van der Waals surface area contributed by atoms with E-state index in [9.17, 15) is 0 Å². The molecule has 0 fully saturated rings. The number of nitrogens with zero attached hydrogens (tertiary/aromatic N) is 3. The van der Waals surface area contributed by atoms with Crippen LogP contribution in [0, 0.1) is 0 Å². The predicted octanol–water partition coefficient (Wildman–Crippen LogP) is 3.80. The van der Waals surface area contributed by atoms with Crippen molar-refractivity contribution in [3.05, 3.63) is 46.0 Å². The van der Waals surface area contributed by atoms with Gasteiger partial charge in [0.1, 0.15) is 5.69 Å². The summed E-state index contributed by atoms with van der Waals surface area (Å²) in [5.74, 6) is 0.737. The van der Waals surface area contributed by atoms with Crippen LogP contribution in [0.2, 0.25) is 5.02 Å². The van der Waals surface area contributed by atoms with Crippen LogP contribution in [-0.4, -0.2) is 15.1 Å². The molecule has 20 heavy (non-hydrogen) atoms. The number of nitrogen functional groups attached to an aromatic ring is 1. The molecular weight excluding hydrogens is 344 g/mol. The number of nitrogens with two attached hydrogens (primary N) is 1. The second kappa shape index (κ2) is 5.22. The van der Waals surface area contributed by atoms with E-state index in [0.717, 1.165) is 4.47 Å². The Balaban J connectivity index is 1.99. The van der Waals surface area contributed by atoms with E-state index in [4.69, 9.17) is 21.9 Å². The largest absolute Gasteiger partial charge is 0.398 e. The standard InChI is InChI=1S/C13H8BrClN4O/c14-7-1-4-11(17-6-7)12-18-13(20-19-12)9-3-2-8(15)5-10(9)16/h1-6H,16H2. The summed E-state index contributed by atoms with van der Waals surface area (Å²) in [5.41, 5.74) is 7.63. The summed E-state index contributed by atoms with van der Waals surface area (Å²) in [6, 6.07) is 8.75. The molecule has 5 nitrogen and oxygen atoms in total. The van der Waals surface area contributed by atoms with Crippen LogP contribution in [0.4, 0.5) is 5.69 Å². The normalized spacial score (nSPS) is 10.7. The molecule has 2 N–H and O–H groups in total. The van der Waals surface area contributed by atoms with Crippen molar-refractivity contribution in [1.29, 1.82) is 0 Å². The van der Waals surface area contributed by atoms with Crippen molar-refractivity contribution in [3.63, 3.8) is 0 Å². The fourth-order valence-electron chi connectivity index (χ4n) is 1.67. The summed E-state index contributed by atoms with van der Waals surface area (Å²) in [5, 5.41) is 4.46. The molecule has 0 saturated carbocycles. The molecule has 0 aliphatic carbocycles. The lowest BCUT2D eigenvalue weighted by molar-refractivity contribution is 0.432. The van der Waals surface area contributed by atoms with Gasteiger partial charge in [-0.1, -0.05) is 16.8 Å². The Morgan fingerprint density at radius 1 is 1.20 bits per heavy atom. The van der Waals surface area contributed by atoms with Crippen LogP contribution in [0.15, 0.2) is 45.5 Å². The van der Waals surface area contributed by atoms with E-state index in [2.05, 4.69) is 31.1 Å². The monoisotopic (exact) mass is 350 g/mol. The molecule has 7 heteroatoms. The fourth-order valence-corrected chi connectivity index (χ4v) is 2.09. The average molecular weight is 352 g/mol. The number of benzene rings is 1. The van der Waals surface area contributed by atoms with E-state index in [0.29, 0.717) is 33.7 Å². The molecule has 0 amide bonds. The van der Waals surface area contributed by atoms with Crippen LogP contribution in [0.1, 0.15) is 0 Å². The number of aromatic nitrogens is 3. The lowest BCUT2D eigenvalue weighted by atomic mass is 10.2. The van der Waals surface area contributed by atoms with Gasteiger partial charge in [-0.15, -0.1) is 0 Å². The summed E-state index contributed by atoms with van der Waals surface area (Å²) in [7, 11) is 0. The number of hydrogen-bond donors (Lipinski definition) is 1. The maximum absolute atomic E-state index is 5.89. The number of halogens is 2. The van der Waals surface area contributed by atoms with Crippen LogP contribution in [0.25, 0.3) is 23.0 Å². The van der Waals surface area contributed by atoms with Gasteiger partial charge < -0.3 is 10.3 Å². The van der Waals surface area contributed by atoms with Gasteiger partial charge >= 0.3 is 0 Å². The second-order valence-corrected chi connectivity index (χ2v) is 5.37. The van der Waals surface area contributed by atoms with Crippen LogP contribution in [-0.2, 0) is 0 Å². The predicted molar refractivity (Wildman–Crippen MR) is 80.1 cm³/mol. The van der Waals surface area contributed by atoms with Crippen LogP contribution < -0.4 is 5.73 Å². The topological polar surface area (TPSA) is 77.8 Å². The average Bonchev–Trinajstić information content (AvgIpc) is 2.89. The molecule has 0 saturated heterocycles.